The zero-order chi connectivity index (χ0) is 13.9. The third-order valence-electron chi connectivity index (χ3n) is 3.07. The van der Waals surface area contributed by atoms with Crippen molar-refractivity contribution in [2.75, 3.05) is 36.1 Å². The van der Waals surface area contributed by atoms with E-state index in [1.807, 2.05) is 23.9 Å². The summed E-state index contributed by atoms with van der Waals surface area (Å²) in [5.74, 6) is 2.66. The molecular weight excluding hydrogens is 258 g/mol. The van der Waals surface area contributed by atoms with Gasteiger partial charge in [-0.25, -0.2) is 0 Å². The van der Waals surface area contributed by atoms with E-state index in [0.717, 1.165) is 31.1 Å². The smallest absolute Gasteiger partial charge is 0.239 e. The molecule has 0 aliphatic carbocycles. The Morgan fingerprint density at radius 3 is 2.95 bits per heavy atom. The van der Waals surface area contributed by atoms with E-state index < -0.39 is 0 Å². The summed E-state index contributed by atoms with van der Waals surface area (Å²) in [5, 5.41) is 0. The number of hydrogen-bond acceptors (Lipinski definition) is 5. The van der Waals surface area contributed by atoms with Crippen LogP contribution in [0.4, 0.5) is 11.5 Å². The Bertz CT molecular complexity index is 437. The zero-order valence-electron chi connectivity index (χ0n) is 12.0. The Labute approximate surface area is 119 Å². The highest BCUT2D eigenvalue weighted by Gasteiger charge is 2.28. The molecule has 0 amide bonds. The highest BCUT2D eigenvalue weighted by Crippen LogP contribution is 2.32. The summed E-state index contributed by atoms with van der Waals surface area (Å²) in [4.78, 5) is 6.88. The number of hydrogen-bond donors (Lipinski definition) is 1. The summed E-state index contributed by atoms with van der Waals surface area (Å²) in [6, 6.07) is 3.88. The van der Waals surface area contributed by atoms with Crippen molar-refractivity contribution in [3.63, 3.8) is 0 Å². The first-order valence-corrected chi connectivity index (χ1v) is 7.78. The molecule has 4 nitrogen and oxygen atoms in total. The molecule has 0 bridgehead atoms. The standard InChI is InChI=1S/C14H23N3OS/c1-4-8-18-13-11(15)5-6-12(16-13)17-7-9-19-14(2,3)10-17/h5-6H,4,7-10,15H2,1-3H3. The summed E-state index contributed by atoms with van der Waals surface area (Å²) in [6.07, 6.45) is 0.957. The van der Waals surface area contributed by atoms with Crippen molar-refractivity contribution >= 4 is 23.3 Å². The SMILES string of the molecule is CCCOc1nc(N2CCSC(C)(C)C2)ccc1N. The predicted octanol–water partition coefficient (Wildman–Crippen LogP) is 2.78. The van der Waals surface area contributed by atoms with Crippen molar-refractivity contribution in [3.05, 3.63) is 12.1 Å². The van der Waals surface area contributed by atoms with E-state index >= 15 is 0 Å². The largest absolute Gasteiger partial charge is 0.476 e. The molecular formula is C14H23N3OS. The van der Waals surface area contributed by atoms with Crippen LogP contribution in [0.2, 0.25) is 0 Å². The van der Waals surface area contributed by atoms with E-state index in [0.29, 0.717) is 18.2 Å². The van der Waals surface area contributed by atoms with Crippen LogP contribution in [-0.2, 0) is 0 Å². The Morgan fingerprint density at radius 2 is 2.26 bits per heavy atom. The third kappa shape index (κ3) is 3.69. The van der Waals surface area contributed by atoms with Crippen molar-refractivity contribution in [1.29, 1.82) is 0 Å². The average Bonchev–Trinajstić information content (AvgIpc) is 2.36. The maximum absolute atomic E-state index is 5.90. The van der Waals surface area contributed by atoms with Crippen molar-refractivity contribution in [1.82, 2.24) is 4.98 Å². The number of nitrogens with zero attached hydrogens (tertiary/aromatic N) is 2. The molecule has 0 spiro atoms. The first-order chi connectivity index (χ1) is 9.02. The van der Waals surface area contributed by atoms with Gasteiger partial charge in [0, 0.05) is 23.6 Å². The molecule has 19 heavy (non-hydrogen) atoms. The lowest BCUT2D eigenvalue weighted by Crippen LogP contribution is -2.43. The number of anilines is 2. The van der Waals surface area contributed by atoms with Crippen LogP contribution in [0.3, 0.4) is 0 Å². The van der Waals surface area contributed by atoms with Crippen LogP contribution in [0.15, 0.2) is 12.1 Å². The molecule has 2 heterocycles. The minimum atomic E-state index is 0.270. The quantitative estimate of drug-likeness (QED) is 0.919. The summed E-state index contributed by atoms with van der Waals surface area (Å²) in [5.41, 5.74) is 6.52. The van der Waals surface area contributed by atoms with Crippen LogP contribution in [0.1, 0.15) is 27.2 Å². The number of rotatable bonds is 4. The zero-order valence-corrected chi connectivity index (χ0v) is 12.8. The molecule has 5 heteroatoms. The first kappa shape index (κ1) is 14.3. The van der Waals surface area contributed by atoms with Gasteiger partial charge in [-0.3, -0.25) is 0 Å². The van der Waals surface area contributed by atoms with Crippen LogP contribution in [0, 0.1) is 0 Å². The number of thioether (sulfide) groups is 1. The number of ether oxygens (including phenoxy) is 1. The van der Waals surface area contributed by atoms with Gasteiger partial charge < -0.3 is 15.4 Å². The van der Waals surface area contributed by atoms with Gasteiger partial charge in [-0.1, -0.05) is 6.92 Å². The minimum Gasteiger partial charge on any atom is -0.476 e. The van der Waals surface area contributed by atoms with Crippen molar-refractivity contribution in [2.24, 2.45) is 0 Å². The molecule has 1 aliphatic rings. The predicted molar refractivity (Wildman–Crippen MR) is 83.2 cm³/mol. The Hall–Kier alpha value is -1.10. The molecule has 1 aliphatic heterocycles. The Morgan fingerprint density at radius 1 is 1.47 bits per heavy atom. The summed E-state index contributed by atoms with van der Waals surface area (Å²) < 4.78 is 5.87. The molecule has 0 radical (unpaired) electrons. The fourth-order valence-electron chi connectivity index (χ4n) is 2.14. The van der Waals surface area contributed by atoms with Gasteiger partial charge in [0.25, 0.3) is 0 Å². The fraction of sp³-hybridized carbons (Fsp3) is 0.643. The molecule has 2 rings (SSSR count). The highest BCUT2D eigenvalue weighted by molar-refractivity contribution is 8.00. The lowest BCUT2D eigenvalue weighted by molar-refractivity contribution is 0.307. The second kappa shape index (κ2) is 5.90. The van der Waals surface area contributed by atoms with Gasteiger partial charge >= 0.3 is 0 Å². The number of aromatic nitrogens is 1. The van der Waals surface area contributed by atoms with Gasteiger partial charge in [0.2, 0.25) is 5.88 Å². The molecule has 0 atom stereocenters. The van der Waals surface area contributed by atoms with Crippen LogP contribution < -0.4 is 15.4 Å². The lowest BCUT2D eigenvalue weighted by Gasteiger charge is -2.38. The van der Waals surface area contributed by atoms with Gasteiger partial charge in [-0.15, -0.1) is 0 Å². The topological polar surface area (TPSA) is 51.4 Å². The summed E-state index contributed by atoms with van der Waals surface area (Å²) >= 11 is 2.01. The maximum Gasteiger partial charge on any atom is 0.239 e. The van der Waals surface area contributed by atoms with Crippen LogP contribution in [-0.4, -0.2) is 35.2 Å². The van der Waals surface area contributed by atoms with Gasteiger partial charge in [0.05, 0.1) is 12.3 Å². The van der Waals surface area contributed by atoms with E-state index in [4.69, 9.17) is 10.5 Å². The highest BCUT2D eigenvalue weighted by atomic mass is 32.2. The first-order valence-electron chi connectivity index (χ1n) is 6.80. The van der Waals surface area contributed by atoms with E-state index in [1.54, 1.807) is 0 Å². The van der Waals surface area contributed by atoms with Crippen molar-refractivity contribution in [2.45, 2.75) is 31.9 Å². The maximum atomic E-state index is 5.90. The monoisotopic (exact) mass is 281 g/mol. The van der Waals surface area contributed by atoms with Crippen LogP contribution in [0.25, 0.3) is 0 Å². The lowest BCUT2D eigenvalue weighted by atomic mass is 10.2. The Kier molecular flexibility index (Phi) is 4.45. The second-order valence-corrected chi connectivity index (χ2v) is 7.24. The van der Waals surface area contributed by atoms with Gasteiger partial charge in [0.1, 0.15) is 5.82 Å². The minimum absolute atomic E-state index is 0.270. The molecule has 0 unspecified atom stereocenters. The molecule has 1 aromatic rings. The summed E-state index contributed by atoms with van der Waals surface area (Å²) in [6.45, 7) is 9.30. The second-order valence-electron chi connectivity index (χ2n) is 5.44. The molecule has 1 saturated heterocycles. The number of pyridine rings is 1. The van der Waals surface area contributed by atoms with Gasteiger partial charge in [0.15, 0.2) is 0 Å². The molecule has 106 valence electrons. The van der Waals surface area contributed by atoms with Gasteiger partial charge in [-0.2, -0.15) is 16.7 Å². The van der Waals surface area contributed by atoms with Crippen molar-refractivity contribution in [3.8, 4) is 5.88 Å². The Balaban J connectivity index is 2.15. The normalized spacial score (nSPS) is 18.4. The van der Waals surface area contributed by atoms with Crippen LogP contribution in [0.5, 0.6) is 5.88 Å². The van der Waals surface area contributed by atoms with E-state index in [1.165, 1.54) is 0 Å². The van der Waals surface area contributed by atoms with Gasteiger partial charge in [-0.05, 0) is 32.4 Å². The van der Waals surface area contributed by atoms with E-state index in [9.17, 15) is 0 Å². The molecule has 2 N–H and O–H groups in total. The third-order valence-corrected chi connectivity index (χ3v) is 4.36. The molecule has 0 aromatic carbocycles. The van der Waals surface area contributed by atoms with Crippen LogP contribution >= 0.6 is 11.8 Å². The average molecular weight is 281 g/mol. The van der Waals surface area contributed by atoms with E-state index in [-0.39, 0.29) is 4.75 Å². The fourth-order valence-corrected chi connectivity index (χ4v) is 3.26. The van der Waals surface area contributed by atoms with Crippen molar-refractivity contribution < 1.29 is 4.74 Å². The molecule has 1 fully saturated rings. The summed E-state index contributed by atoms with van der Waals surface area (Å²) in [7, 11) is 0. The van der Waals surface area contributed by atoms with E-state index in [2.05, 4.69) is 30.7 Å². The molecule has 0 saturated carbocycles. The number of nitrogen functional groups attached to an aromatic ring is 1. The number of nitrogens with two attached hydrogens (primary N) is 1. The molecule has 1 aromatic heterocycles.